The van der Waals surface area contributed by atoms with Gasteiger partial charge in [0.15, 0.2) is 10.6 Å². The van der Waals surface area contributed by atoms with Gasteiger partial charge in [-0.15, -0.1) is 0 Å². The zero-order chi connectivity index (χ0) is 18.3. The van der Waals surface area contributed by atoms with Crippen LogP contribution in [0.1, 0.15) is 60.4 Å². The molecule has 2 aromatic rings. The molecule has 1 aliphatic carbocycles. The second-order valence-corrected chi connectivity index (χ2v) is 8.06. The Hall–Kier alpha value is -2.21. The number of hydrogen-bond acceptors (Lipinski definition) is 4. The van der Waals surface area contributed by atoms with Crippen molar-refractivity contribution in [1.29, 1.82) is 0 Å². The van der Waals surface area contributed by atoms with E-state index < -0.39 is 0 Å². The lowest BCUT2D eigenvalue weighted by molar-refractivity contribution is -0.119. The number of rotatable bonds is 4. The number of benzene rings is 1. The number of piperidine rings is 1. The average Bonchev–Trinajstić information content (AvgIpc) is 3.40. The van der Waals surface area contributed by atoms with Gasteiger partial charge in [-0.25, -0.2) is 4.99 Å². The number of thiazole rings is 1. The molecule has 136 valence electrons. The highest BCUT2D eigenvalue weighted by Gasteiger charge is 2.28. The molecule has 1 saturated carbocycles. The average molecular weight is 369 g/mol. The van der Waals surface area contributed by atoms with Crippen LogP contribution in [0, 0.1) is 6.92 Å². The Balaban J connectivity index is 1.67. The van der Waals surface area contributed by atoms with Crippen molar-refractivity contribution in [2.24, 2.45) is 4.99 Å². The summed E-state index contributed by atoms with van der Waals surface area (Å²) in [4.78, 5) is 32.3. The third-order valence-corrected chi connectivity index (χ3v) is 6.29. The summed E-state index contributed by atoms with van der Waals surface area (Å²) in [6, 6.07) is 8.32. The van der Waals surface area contributed by atoms with Crippen molar-refractivity contribution < 1.29 is 9.59 Å². The lowest BCUT2D eigenvalue weighted by Gasteiger charge is -2.26. The van der Waals surface area contributed by atoms with Crippen molar-refractivity contribution in [3.05, 3.63) is 39.6 Å². The third-order valence-electron chi connectivity index (χ3n) is 5.03. The van der Waals surface area contributed by atoms with Crippen molar-refractivity contribution in [2.75, 3.05) is 11.4 Å². The van der Waals surface area contributed by atoms with Crippen molar-refractivity contribution in [1.82, 2.24) is 4.57 Å². The first-order valence-corrected chi connectivity index (χ1v) is 10.0. The van der Waals surface area contributed by atoms with E-state index in [1.54, 1.807) is 6.92 Å². The molecular formula is C20H23N3O2S. The summed E-state index contributed by atoms with van der Waals surface area (Å²) in [5.41, 5.74) is 2.82. The fourth-order valence-electron chi connectivity index (χ4n) is 3.53. The van der Waals surface area contributed by atoms with Gasteiger partial charge in [-0.1, -0.05) is 11.3 Å². The zero-order valence-corrected chi connectivity index (χ0v) is 16.0. The van der Waals surface area contributed by atoms with Crippen LogP contribution in [0.5, 0.6) is 0 Å². The Labute approximate surface area is 157 Å². The Morgan fingerprint density at radius 1 is 1.19 bits per heavy atom. The molecule has 5 nitrogen and oxygen atoms in total. The van der Waals surface area contributed by atoms with Gasteiger partial charge >= 0.3 is 0 Å². The van der Waals surface area contributed by atoms with E-state index in [0.717, 1.165) is 59.0 Å². The normalized spacial score (nSPS) is 18.5. The number of anilines is 1. The lowest BCUT2D eigenvalue weighted by Crippen LogP contribution is -2.35. The molecule has 1 aliphatic heterocycles. The monoisotopic (exact) mass is 369 g/mol. The highest BCUT2D eigenvalue weighted by molar-refractivity contribution is 7.11. The number of carbonyl (C=O) groups is 2. The Morgan fingerprint density at radius 3 is 2.54 bits per heavy atom. The summed E-state index contributed by atoms with van der Waals surface area (Å²) < 4.78 is 2.21. The predicted octanol–water partition coefficient (Wildman–Crippen LogP) is 4.14. The van der Waals surface area contributed by atoms with Gasteiger partial charge < -0.3 is 9.47 Å². The zero-order valence-electron chi connectivity index (χ0n) is 15.2. The fraction of sp³-hybridized carbons (Fsp3) is 0.450. The smallest absolute Gasteiger partial charge is 0.226 e. The van der Waals surface area contributed by atoms with E-state index in [1.165, 1.54) is 11.3 Å². The maximum Gasteiger partial charge on any atom is 0.226 e. The molecule has 1 amide bonds. The van der Waals surface area contributed by atoms with Crippen molar-refractivity contribution >= 4 is 34.4 Å². The van der Waals surface area contributed by atoms with Gasteiger partial charge in [0.05, 0.1) is 10.6 Å². The quantitative estimate of drug-likeness (QED) is 0.761. The Bertz CT molecular complexity index is 920. The van der Waals surface area contributed by atoms with Crippen molar-refractivity contribution in [3.63, 3.8) is 0 Å². The number of ketones is 1. The SMILES string of the molecule is CC(=O)c1sc(=Nc2ccc(N3CCCCC3=O)cc2)n(C2CC2)c1C. The van der Waals surface area contributed by atoms with E-state index in [-0.39, 0.29) is 11.7 Å². The third kappa shape index (κ3) is 3.26. The fourth-order valence-corrected chi connectivity index (χ4v) is 4.64. The van der Waals surface area contributed by atoms with Crippen molar-refractivity contribution in [2.45, 2.75) is 52.0 Å². The van der Waals surface area contributed by atoms with Gasteiger partial charge in [0.1, 0.15) is 0 Å². The summed E-state index contributed by atoms with van der Waals surface area (Å²) in [6.45, 7) is 4.42. The summed E-state index contributed by atoms with van der Waals surface area (Å²) in [5.74, 6) is 0.301. The summed E-state index contributed by atoms with van der Waals surface area (Å²) in [7, 11) is 0. The van der Waals surface area contributed by atoms with E-state index in [4.69, 9.17) is 4.99 Å². The van der Waals surface area contributed by atoms with E-state index in [9.17, 15) is 9.59 Å². The molecule has 0 atom stereocenters. The molecule has 1 aromatic heterocycles. The minimum atomic E-state index is 0.0994. The topological polar surface area (TPSA) is 54.7 Å². The first kappa shape index (κ1) is 17.2. The van der Waals surface area contributed by atoms with E-state index in [0.29, 0.717) is 12.5 Å². The maximum absolute atomic E-state index is 12.1. The Kier molecular flexibility index (Phi) is 4.53. The number of carbonyl (C=O) groups excluding carboxylic acids is 2. The lowest BCUT2D eigenvalue weighted by atomic mass is 10.1. The van der Waals surface area contributed by atoms with Crippen LogP contribution in [0.2, 0.25) is 0 Å². The number of Topliss-reactive ketones (excluding diaryl/α,β-unsaturated/α-hetero) is 1. The van der Waals surface area contributed by atoms with Gasteiger partial charge in [-0.2, -0.15) is 0 Å². The van der Waals surface area contributed by atoms with Crippen LogP contribution >= 0.6 is 11.3 Å². The number of hydrogen-bond donors (Lipinski definition) is 0. The van der Waals surface area contributed by atoms with Gasteiger partial charge in [-0.05, 0) is 56.9 Å². The molecule has 0 N–H and O–H groups in total. The molecule has 0 unspecified atom stereocenters. The highest BCUT2D eigenvalue weighted by Crippen LogP contribution is 2.36. The predicted molar refractivity (Wildman–Crippen MR) is 103 cm³/mol. The van der Waals surface area contributed by atoms with Crippen LogP contribution in [-0.2, 0) is 4.79 Å². The minimum absolute atomic E-state index is 0.0994. The van der Waals surface area contributed by atoms with Gasteiger partial charge in [0.2, 0.25) is 5.91 Å². The van der Waals surface area contributed by atoms with Crippen LogP contribution in [0.3, 0.4) is 0 Å². The Morgan fingerprint density at radius 2 is 1.92 bits per heavy atom. The highest BCUT2D eigenvalue weighted by atomic mass is 32.1. The minimum Gasteiger partial charge on any atom is -0.317 e. The number of aromatic nitrogens is 1. The first-order chi connectivity index (χ1) is 12.5. The second-order valence-electron chi connectivity index (χ2n) is 7.09. The number of nitrogens with zero attached hydrogens (tertiary/aromatic N) is 3. The van der Waals surface area contributed by atoms with E-state index in [1.807, 2.05) is 36.1 Å². The molecule has 2 heterocycles. The summed E-state index contributed by atoms with van der Waals surface area (Å²) in [6.07, 6.45) is 4.98. The maximum atomic E-state index is 12.1. The van der Waals surface area contributed by atoms with Gasteiger partial charge in [-0.3, -0.25) is 9.59 Å². The van der Waals surface area contributed by atoms with Crippen LogP contribution in [0.4, 0.5) is 11.4 Å². The largest absolute Gasteiger partial charge is 0.317 e. The summed E-state index contributed by atoms with van der Waals surface area (Å²) >= 11 is 1.47. The molecule has 2 fully saturated rings. The van der Waals surface area contributed by atoms with E-state index in [2.05, 4.69) is 4.57 Å². The molecular weight excluding hydrogens is 346 g/mol. The molecule has 0 spiro atoms. The molecule has 26 heavy (non-hydrogen) atoms. The van der Waals surface area contributed by atoms with E-state index >= 15 is 0 Å². The molecule has 1 aromatic carbocycles. The van der Waals surface area contributed by atoms with Crippen LogP contribution in [0.15, 0.2) is 29.3 Å². The molecule has 0 bridgehead atoms. The standard InChI is InChI=1S/C20H23N3O2S/c1-13-19(14(2)24)26-20(23(13)17-10-11-17)21-15-6-8-16(9-7-15)22-12-4-3-5-18(22)25/h6-9,17H,3-5,10-12H2,1-2H3. The van der Waals surface area contributed by atoms with Crippen LogP contribution in [0.25, 0.3) is 0 Å². The van der Waals surface area contributed by atoms with Gasteiger partial charge in [0.25, 0.3) is 0 Å². The molecule has 4 rings (SSSR count). The molecule has 6 heteroatoms. The van der Waals surface area contributed by atoms with Crippen molar-refractivity contribution in [3.8, 4) is 0 Å². The van der Waals surface area contributed by atoms with Crippen LogP contribution in [-0.4, -0.2) is 22.8 Å². The van der Waals surface area contributed by atoms with Crippen LogP contribution < -0.4 is 9.70 Å². The summed E-state index contributed by atoms with van der Waals surface area (Å²) in [5, 5.41) is 0. The van der Waals surface area contributed by atoms with Gasteiger partial charge in [0, 0.05) is 37.3 Å². The first-order valence-electron chi connectivity index (χ1n) is 9.22. The second kappa shape index (κ2) is 6.83. The molecule has 0 radical (unpaired) electrons. The molecule has 1 saturated heterocycles. The molecule has 2 aliphatic rings. The number of amides is 1.